The molecule has 1 aromatic carbocycles. The van der Waals surface area contributed by atoms with Crippen LogP contribution in [0.4, 0.5) is 0 Å². The molecule has 0 amide bonds. The predicted octanol–water partition coefficient (Wildman–Crippen LogP) is 2.35. The van der Waals surface area contributed by atoms with Crippen LogP contribution < -0.4 is 5.49 Å². The first-order chi connectivity index (χ1) is 9.31. The second-order valence-corrected chi connectivity index (χ2v) is 4.09. The molecule has 0 atom stereocenters. The van der Waals surface area contributed by atoms with Gasteiger partial charge in [0.1, 0.15) is 17.3 Å². The van der Waals surface area contributed by atoms with Crippen molar-refractivity contribution in [2.24, 2.45) is 0 Å². The summed E-state index contributed by atoms with van der Waals surface area (Å²) in [5.74, 6) is 0. The van der Waals surface area contributed by atoms with Gasteiger partial charge in [0.25, 0.3) is 0 Å². The molecule has 0 radical (unpaired) electrons. The van der Waals surface area contributed by atoms with E-state index in [0.717, 1.165) is 5.56 Å². The second-order valence-electron chi connectivity index (χ2n) is 4.09. The largest absolute Gasteiger partial charge is 0.285 e. The van der Waals surface area contributed by atoms with Crippen molar-refractivity contribution in [3.05, 3.63) is 65.8 Å². The zero-order valence-corrected chi connectivity index (χ0v) is 10.0. The molecular formula is C15H10N4. The van der Waals surface area contributed by atoms with Crippen molar-refractivity contribution in [3.8, 4) is 17.3 Å². The third-order valence-corrected chi connectivity index (χ3v) is 2.94. The first-order valence-electron chi connectivity index (χ1n) is 5.83. The number of hydrogen-bond acceptors (Lipinski definition) is 3. The summed E-state index contributed by atoms with van der Waals surface area (Å²) in [6.45, 7) is 0. The third kappa shape index (κ3) is 1.78. The Morgan fingerprint density at radius 3 is 2.53 bits per heavy atom. The molecule has 3 aromatic rings. The van der Waals surface area contributed by atoms with Crippen LogP contribution in [0.15, 0.2) is 54.7 Å². The van der Waals surface area contributed by atoms with Gasteiger partial charge in [-0.15, -0.1) is 0 Å². The first kappa shape index (κ1) is 11.2. The molecule has 0 spiro atoms. The number of rotatable bonds is 1. The molecule has 0 unspecified atom stereocenters. The van der Waals surface area contributed by atoms with Crippen molar-refractivity contribution < 1.29 is 0 Å². The predicted molar refractivity (Wildman–Crippen MR) is 71.2 cm³/mol. The number of nitrogens with zero attached hydrogens (tertiary/aromatic N) is 3. The van der Waals surface area contributed by atoms with Gasteiger partial charge in [0.2, 0.25) is 0 Å². The number of fused-ring (bicyclic) bond motifs is 1. The van der Waals surface area contributed by atoms with Crippen molar-refractivity contribution in [2.45, 2.75) is 0 Å². The smallest absolute Gasteiger partial charge is 0.151 e. The Bertz CT molecular complexity index is 841. The molecule has 90 valence electrons. The van der Waals surface area contributed by atoms with Crippen LogP contribution in [-0.2, 0) is 0 Å². The maximum absolute atomic E-state index is 9.30. The van der Waals surface area contributed by atoms with Gasteiger partial charge in [-0.3, -0.25) is 9.81 Å². The quantitative estimate of drug-likeness (QED) is 0.716. The fourth-order valence-corrected chi connectivity index (χ4v) is 2.03. The number of hydrogen-bond donors (Lipinski definition) is 1. The van der Waals surface area contributed by atoms with Gasteiger partial charge >= 0.3 is 0 Å². The van der Waals surface area contributed by atoms with Gasteiger partial charge in [0, 0.05) is 11.8 Å². The van der Waals surface area contributed by atoms with Crippen molar-refractivity contribution >= 4 is 5.65 Å². The lowest BCUT2D eigenvalue weighted by Gasteiger charge is -2.07. The minimum atomic E-state index is 0.159. The van der Waals surface area contributed by atoms with Gasteiger partial charge in [-0.25, -0.2) is 4.98 Å². The van der Waals surface area contributed by atoms with Gasteiger partial charge in [-0.05, 0) is 12.1 Å². The van der Waals surface area contributed by atoms with Gasteiger partial charge in [-0.1, -0.05) is 36.4 Å². The lowest BCUT2D eigenvalue weighted by molar-refractivity contribution is 0.964. The monoisotopic (exact) mass is 246 g/mol. The fraction of sp³-hybridized carbons (Fsp3) is 0. The lowest BCUT2D eigenvalue weighted by atomic mass is 10.1. The molecule has 0 bridgehead atoms. The number of aromatic nitrogens is 2. The molecular weight excluding hydrogens is 236 g/mol. The molecule has 0 aliphatic heterocycles. The number of nitrogens with one attached hydrogen (secondary N) is 1. The topological polar surface area (TPSA) is 64.9 Å². The van der Waals surface area contributed by atoms with E-state index in [1.165, 1.54) is 0 Å². The zero-order valence-electron chi connectivity index (χ0n) is 10.0. The number of pyridine rings is 1. The normalized spacial score (nSPS) is 10.3. The number of benzene rings is 1. The summed E-state index contributed by atoms with van der Waals surface area (Å²) in [5.41, 5.74) is 2.51. The summed E-state index contributed by atoms with van der Waals surface area (Å²) in [4.78, 5) is 4.50. The summed E-state index contributed by atoms with van der Waals surface area (Å²) >= 11 is 0. The molecule has 0 saturated carbocycles. The van der Waals surface area contributed by atoms with E-state index in [4.69, 9.17) is 5.41 Å². The van der Waals surface area contributed by atoms with E-state index in [9.17, 15) is 5.26 Å². The van der Waals surface area contributed by atoms with Crippen molar-refractivity contribution in [1.82, 2.24) is 9.38 Å². The molecule has 1 N–H and O–H groups in total. The standard InChI is InChI=1S/C15H10N4/c16-10-12-14(11-6-2-1-3-7-11)18-13-8-4-5-9-19(13)15(12)17/h1-9,17H. The Balaban J connectivity index is 2.44. The summed E-state index contributed by atoms with van der Waals surface area (Å²) in [5, 5.41) is 17.4. The van der Waals surface area contributed by atoms with Gasteiger partial charge in [0.15, 0.2) is 5.49 Å². The first-order valence-corrected chi connectivity index (χ1v) is 5.83. The Morgan fingerprint density at radius 2 is 1.79 bits per heavy atom. The fourth-order valence-electron chi connectivity index (χ4n) is 2.03. The summed E-state index contributed by atoms with van der Waals surface area (Å²) in [6.07, 6.45) is 1.74. The minimum Gasteiger partial charge on any atom is -0.285 e. The van der Waals surface area contributed by atoms with E-state index in [1.807, 2.05) is 48.5 Å². The average Bonchev–Trinajstić information content (AvgIpc) is 2.48. The van der Waals surface area contributed by atoms with E-state index in [1.54, 1.807) is 10.6 Å². The van der Waals surface area contributed by atoms with Crippen LogP contribution in [0.1, 0.15) is 5.56 Å². The molecule has 0 fully saturated rings. The van der Waals surface area contributed by atoms with Gasteiger partial charge in [0.05, 0.1) is 5.69 Å². The second kappa shape index (κ2) is 4.39. The molecule has 0 aliphatic rings. The lowest BCUT2D eigenvalue weighted by Crippen LogP contribution is -2.19. The maximum Gasteiger partial charge on any atom is 0.151 e. The highest BCUT2D eigenvalue weighted by molar-refractivity contribution is 5.67. The van der Waals surface area contributed by atoms with E-state index in [-0.39, 0.29) is 11.1 Å². The Kier molecular flexibility index (Phi) is 2.58. The Morgan fingerprint density at radius 1 is 1.05 bits per heavy atom. The van der Waals surface area contributed by atoms with Gasteiger partial charge in [-0.2, -0.15) is 5.26 Å². The molecule has 4 nitrogen and oxygen atoms in total. The molecule has 3 rings (SSSR count). The SMILES string of the molecule is N#Cc1c(-c2ccccc2)nc2ccccn2c1=N. The molecule has 2 aromatic heterocycles. The van der Waals surface area contributed by atoms with E-state index in [0.29, 0.717) is 11.3 Å². The molecule has 0 aliphatic carbocycles. The third-order valence-electron chi connectivity index (χ3n) is 2.94. The van der Waals surface area contributed by atoms with Crippen molar-refractivity contribution in [3.63, 3.8) is 0 Å². The number of nitriles is 1. The van der Waals surface area contributed by atoms with Crippen LogP contribution in [0.25, 0.3) is 16.9 Å². The molecule has 0 saturated heterocycles. The Hall–Kier alpha value is -2.93. The van der Waals surface area contributed by atoms with Crippen molar-refractivity contribution in [2.75, 3.05) is 0 Å². The van der Waals surface area contributed by atoms with Crippen LogP contribution >= 0.6 is 0 Å². The van der Waals surface area contributed by atoms with Crippen LogP contribution in [0, 0.1) is 16.7 Å². The molecule has 4 heteroatoms. The Labute approximate surface area is 109 Å². The van der Waals surface area contributed by atoms with E-state index >= 15 is 0 Å². The van der Waals surface area contributed by atoms with Crippen LogP contribution in [0.5, 0.6) is 0 Å². The van der Waals surface area contributed by atoms with Crippen LogP contribution in [0.3, 0.4) is 0 Å². The highest BCUT2D eigenvalue weighted by atomic mass is 15.0. The van der Waals surface area contributed by atoms with E-state index in [2.05, 4.69) is 11.1 Å². The minimum absolute atomic E-state index is 0.159. The van der Waals surface area contributed by atoms with Crippen molar-refractivity contribution in [1.29, 1.82) is 10.7 Å². The maximum atomic E-state index is 9.30. The summed E-state index contributed by atoms with van der Waals surface area (Å²) < 4.78 is 1.60. The highest BCUT2D eigenvalue weighted by Crippen LogP contribution is 2.19. The van der Waals surface area contributed by atoms with E-state index < -0.39 is 0 Å². The van der Waals surface area contributed by atoms with Gasteiger partial charge < -0.3 is 0 Å². The molecule has 2 heterocycles. The average molecular weight is 246 g/mol. The molecule has 19 heavy (non-hydrogen) atoms. The zero-order chi connectivity index (χ0) is 13.2. The van der Waals surface area contributed by atoms with Crippen LogP contribution in [-0.4, -0.2) is 9.38 Å². The summed E-state index contributed by atoms with van der Waals surface area (Å²) in [6, 6.07) is 17.1. The van der Waals surface area contributed by atoms with Crippen LogP contribution in [0.2, 0.25) is 0 Å². The highest BCUT2D eigenvalue weighted by Gasteiger charge is 2.11. The summed E-state index contributed by atoms with van der Waals surface area (Å²) in [7, 11) is 0.